The number of carbonyl (C=O) groups is 1. The van der Waals surface area contributed by atoms with Gasteiger partial charge in [0, 0.05) is 46.2 Å². The zero-order chi connectivity index (χ0) is 22.4. The number of carbonyl (C=O) groups excluding carboxylic acids is 1. The first-order valence-electron chi connectivity index (χ1n) is 10.2. The number of rotatable bonds is 8. The zero-order valence-electron chi connectivity index (χ0n) is 18.5. The monoisotopic (exact) mass is 412 g/mol. The number of aliphatic imine (C=N–C) groups is 1. The average Bonchev–Trinajstić information content (AvgIpc) is 3.33. The van der Waals surface area contributed by atoms with E-state index in [-0.39, 0.29) is 5.78 Å². The minimum atomic E-state index is -0.0320. The molecule has 5 heteroatoms. The van der Waals surface area contributed by atoms with Crippen molar-refractivity contribution in [2.45, 2.75) is 34.2 Å². The van der Waals surface area contributed by atoms with Crippen LogP contribution in [0.4, 0.5) is 0 Å². The third kappa shape index (κ3) is 5.66. The lowest BCUT2D eigenvalue weighted by Crippen LogP contribution is -1.98. The smallest absolute Gasteiger partial charge is 0.154 e. The number of ketones is 1. The van der Waals surface area contributed by atoms with Crippen molar-refractivity contribution in [3.63, 3.8) is 0 Å². The molecule has 158 valence electrons. The predicted octanol–water partition coefficient (Wildman–Crippen LogP) is 6.13. The Morgan fingerprint density at radius 1 is 1.23 bits per heavy atom. The molecule has 0 amide bonds. The lowest BCUT2D eigenvalue weighted by molar-refractivity contribution is -0.112. The molecule has 0 fully saturated rings. The number of benzene rings is 1. The second-order valence-electron chi connectivity index (χ2n) is 7.63. The summed E-state index contributed by atoms with van der Waals surface area (Å²) in [7, 11) is 0. The average molecular weight is 413 g/mol. The van der Waals surface area contributed by atoms with Crippen LogP contribution in [-0.4, -0.2) is 26.3 Å². The summed E-state index contributed by atoms with van der Waals surface area (Å²) in [5.41, 5.74) is 6.50. The molecule has 3 rings (SSSR count). The molecule has 0 radical (unpaired) electrons. The van der Waals surface area contributed by atoms with Gasteiger partial charge in [0.25, 0.3) is 0 Å². The summed E-state index contributed by atoms with van der Waals surface area (Å²) < 4.78 is 1.88. The second-order valence-corrected chi connectivity index (χ2v) is 7.63. The highest BCUT2D eigenvalue weighted by Crippen LogP contribution is 2.30. The first kappa shape index (κ1) is 22.0. The van der Waals surface area contributed by atoms with Crippen LogP contribution < -0.4 is 0 Å². The van der Waals surface area contributed by atoms with Gasteiger partial charge in [-0.2, -0.15) is 5.10 Å². The van der Waals surface area contributed by atoms with Crippen LogP contribution in [0.15, 0.2) is 84.3 Å². The summed E-state index contributed by atoms with van der Waals surface area (Å²) in [6, 6.07) is 6.21. The summed E-state index contributed by atoms with van der Waals surface area (Å²) in [4.78, 5) is 19.6. The van der Waals surface area contributed by atoms with Crippen molar-refractivity contribution in [1.29, 1.82) is 0 Å². The van der Waals surface area contributed by atoms with E-state index in [0.717, 1.165) is 38.9 Å². The van der Waals surface area contributed by atoms with Gasteiger partial charge in [-0.3, -0.25) is 14.5 Å². The molecule has 3 aromatic rings. The maximum atomic E-state index is 11.7. The lowest BCUT2D eigenvalue weighted by atomic mass is 10.0. The molecule has 0 aliphatic carbocycles. The molecule has 5 nitrogen and oxygen atoms in total. The molecule has 0 spiro atoms. The summed E-state index contributed by atoms with van der Waals surface area (Å²) in [6.07, 6.45) is 15.3. The molecule has 0 bridgehead atoms. The topological polar surface area (TPSA) is 63.0 Å². The number of H-pyrrole nitrogens is 1. The second kappa shape index (κ2) is 9.85. The van der Waals surface area contributed by atoms with Gasteiger partial charge >= 0.3 is 0 Å². The molecule has 31 heavy (non-hydrogen) atoms. The molecule has 0 unspecified atom stereocenters. The van der Waals surface area contributed by atoms with Crippen LogP contribution in [0.5, 0.6) is 0 Å². The molecule has 1 N–H and O–H groups in total. The van der Waals surface area contributed by atoms with E-state index in [4.69, 9.17) is 0 Å². The zero-order valence-corrected chi connectivity index (χ0v) is 18.5. The molecule has 0 aliphatic rings. The van der Waals surface area contributed by atoms with E-state index in [2.05, 4.69) is 33.8 Å². The summed E-state index contributed by atoms with van der Waals surface area (Å²) in [6.45, 7) is 12.1. The number of aromatic amines is 1. The van der Waals surface area contributed by atoms with Gasteiger partial charge in [0.15, 0.2) is 5.78 Å². The number of nitrogens with one attached hydrogen (secondary N) is 1. The quantitative estimate of drug-likeness (QED) is 0.275. The fourth-order valence-electron chi connectivity index (χ4n) is 3.28. The van der Waals surface area contributed by atoms with Crippen molar-refractivity contribution in [1.82, 2.24) is 14.8 Å². The van der Waals surface area contributed by atoms with Crippen LogP contribution >= 0.6 is 0 Å². The van der Waals surface area contributed by atoms with E-state index in [1.165, 1.54) is 6.92 Å². The van der Waals surface area contributed by atoms with Gasteiger partial charge in [-0.05, 0) is 51.0 Å². The summed E-state index contributed by atoms with van der Waals surface area (Å²) in [5, 5.41) is 5.50. The first-order chi connectivity index (χ1) is 14.9. The third-order valence-corrected chi connectivity index (χ3v) is 4.61. The fraction of sp³-hybridized carbons (Fsp3) is 0.192. The van der Waals surface area contributed by atoms with Crippen LogP contribution in [0, 0.1) is 0 Å². The Bertz CT molecular complexity index is 1230. The molecule has 0 saturated heterocycles. The van der Waals surface area contributed by atoms with Crippen LogP contribution in [-0.2, 0) is 11.3 Å². The van der Waals surface area contributed by atoms with Gasteiger partial charge in [0.2, 0.25) is 0 Å². The normalized spacial score (nSPS) is 12.2. The van der Waals surface area contributed by atoms with Crippen LogP contribution in [0.3, 0.4) is 0 Å². The van der Waals surface area contributed by atoms with Crippen molar-refractivity contribution in [3.8, 4) is 11.1 Å². The fourth-order valence-corrected chi connectivity index (χ4v) is 3.28. The first-order valence-corrected chi connectivity index (χ1v) is 10.2. The Kier molecular flexibility index (Phi) is 6.98. The van der Waals surface area contributed by atoms with E-state index >= 15 is 0 Å². The number of allylic oxidation sites excluding steroid dienone is 6. The Hall–Kier alpha value is -3.73. The predicted molar refractivity (Wildman–Crippen MR) is 130 cm³/mol. The van der Waals surface area contributed by atoms with Crippen molar-refractivity contribution in [2.24, 2.45) is 4.99 Å². The number of nitrogens with zero attached hydrogens (tertiary/aromatic N) is 3. The molecule has 2 heterocycles. The van der Waals surface area contributed by atoms with Crippen molar-refractivity contribution >= 4 is 28.1 Å². The van der Waals surface area contributed by atoms with Gasteiger partial charge in [-0.25, -0.2) is 0 Å². The number of hydrogen-bond acceptors (Lipinski definition) is 3. The maximum Gasteiger partial charge on any atom is 0.154 e. The van der Waals surface area contributed by atoms with E-state index in [0.29, 0.717) is 12.2 Å². The minimum Gasteiger partial charge on any atom is -0.360 e. The Morgan fingerprint density at radius 3 is 2.74 bits per heavy atom. The lowest BCUT2D eigenvalue weighted by Gasteiger charge is -2.04. The van der Waals surface area contributed by atoms with Gasteiger partial charge in [0.1, 0.15) is 0 Å². The highest BCUT2D eigenvalue weighted by atomic mass is 16.1. The molecule has 2 aromatic heterocycles. The van der Waals surface area contributed by atoms with E-state index in [9.17, 15) is 4.79 Å². The molecule has 1 aromatic carbocycles. The highest BCUT2D eigenvalue weighted by molar-refractivity contribution is 6.03. The van der Waals surface area contributed by atoms with Crippen LogP contribution in [0.1, 0.15) is 33.3 Å². The summed E-state index contributed by atoms with van der Waals surface area (Å²) in [5.74, 6) is -0.0320. The number of fused-ring (bicyclic) bond motifs is 1. The van der Waals surface area contributed by atoms with Gasteiger partial charge in [0.05, 0.1) is 18.4 Å². The van der Waals surface area contributed by atoms with E-state index < -0.39 is 0 Å². The summed E-state index contributed by atoms with van der Waals surface area (Å²) >= 11 is 0. The highest BCUT2D eigenvalue weighted by Gasteiger charge is 2.11. The maximum absolute atomic E-state index is 11.7. The Labute approximate surface area is 183 Å². The Morgan fingerprint density at radius 2 is 2.03 bits per heavy atom. The van der Waals surface area contributed by atoms with Gasteiger partial charge in [-0.1, -0.05) is 36.9 Å². The largest absolute Gasteiger partial charge is 0.360 e. The van der Waals surface area contributed by atoms with Crippen molar-refractivity contribution < 1.29 is 4.79 Å². The van der Waals surface area contributed by atoms with Gasteiger partial charge in [-0.15, -0.1) is 0 Å². The van der Waals surface area contributed by atoms with E-state index in [1.807, 2.05) is 74.4 Å². The molecule has 0 atom stereocenters. The van der Waals surface area contributed by atoms with Crippen molar-refractivity contribution in [3.05, 3.63) is 84.9 Å². The van der Waals surface area contributed by atoms with E-state index in [1.54, 1.807) is 6.08 Å². The third-order valence-electron chi connectivity index (χ3n) is 4.61. The number of hydrogen-bond donors (Lipinski definition) is 1. The number of aromatic nitrogens is 3. The van der Waals surface area contributed by atoms with Gasteiger partial charge < -0.3 is 4.98 Å². The standard InChI is InChI=1S/C26H28N4O/c1-6-7-8-9-19(4)16-30-17-22(14-28-30)21-10-11-25-23(13-21)24(15-27-25)26(12-20(5)31)29-18(2)3/h6-15,17,27H,4,16H2,1-3,5H3/b7-6-,9-8-,26-12-. The van der Waals surface area contributed by atoms with Crippen molar-refractivity contribution in [2.75, 3.05) is 0 Å². The molecule has 0 saturated carbocycles. The molecule has 0 aliphatic heterocycles. The molecular formula is C26H28N4O. The van der Waals surface area contributed by atoms with Crippen LogP contribution in [0.2, 0.25) is 0 Å². The Balaban J connectivity index is 1.94. The minimum absolute atomic E-state index is 0.0320. The molecular weight excluding hydrogens is 384 g/mol. The van der Waals surface area contributed by atoms with Crippen LogP contribution in [0.25, 0.3) is 27.7 Å². The SMILES string of the molecule is C=C(/C=C\C=C/C)Cn1cc(-c2ccc3[nH]cc(/C(=C/C(C)=O)N=C(C)C)c3c2)cn1.